The number of carbonyl (C=O) groups is 1. The Balaban J connectivity index is 1.82. The summed E-state index contributed by atoms with van der Waals surface area (Å²) in [6.07, 6.45) is 5.93. The number of rotatable bonds is 2. The lowest BCUT2D eigenvalue weighted by Crippen LogP contribution is -2.26. The van der Waals surface area contributed by atoms with Crippen LogP contribution in [0.3, 0.4) is 0 Å². The maximum Gasteiger partial charge on any atom is 0.280 e. The van der Waals surface area contributed by atoms with Gasteiger partial charge in [-0.1, -0.05) is 29.8 Å². The normalized spacial score (nSPS) is 21.8. The van der Waals surface area contributed by atoms with Crippen LogP contribution < -0.4 is 4.90 Å². The lowest BCUT2D eigenvalue weighted by atomic mass is 9.98. The van der Waals surface area contributed by atoms with Crippen LogP contribution in [0.5, 0.6) is 0 Å². The minimum absolute atomic E-state index is 0.0861. The number of anilines is 1. The number of amides is 1. The maximum atomic E-state index is 12.2. The van der Waals surface area contributed by atoms with E-state index in [4.69, 9.17) is 4.84 Å². The third kappa shape index (κ3) is 2.23. The molecule has 0 spiro atoms. The van der Waals surface area contributed by atoms with Gasteiger partial charge in [-0.3, -0.25) is 4.79 Å². The zero-order valence-electron chi connectivity index (χ0n) is 11.1. The van der Waals surface area contributed by atoms with E-state index in [2.05, 4.69) is 5.16 Å². The Hall–Kier alpha value is -1.84. The predicted molar refractivity (Wildman–Crippen MR) is 74.3 cm³/mol. The molecule has 1 heterocycles. The topological polar surface area (TPSA) is 41.9 Å². The molecule has 1 aliphatic heterocycles. The van der Waals surface area contributed by atoms with Crippen molar-refractivity contribution in [1.82, 2.24) is 0 Å². The van der Waals surface area contributed by atoms with Crippen molar-refractivity contribution in [3.8, 4) is 0 Å². The minimum atomic E-state index is -0.0861. The van der Waals surface area contributed by atoms with Crippen molar-refractivity contribution in [3.05, 3.63) is 29.8 Å². The van der Waals surface area contributed by atoms with Gasteiger partial charge < -0.3 is 9.74 Å². The molecule has 1 amide bonds. The van der Waals surface area contributed by atoms with Crippen molar-refractivity contribution in [1.29, 1.82) is 0 Å². The van der Waals surface area contributed by atoms with Gasteiger partial charge in [-0.15, -0.1) is 0 Å². The van der Waals surface area contributed by atoms with Crippen LogP contribution in [-0.4, -0.2) is 24.8 Å². The molecule has 1 fully saturated rings. The van der Waals surface area contributed by atoms with Gasteiger partial charge in [0.25, 0.3) is 5.91 Å². The van der Waals surface area contributed by atoms with Crippen molar-refractivity contribution in [2.24, 2.45) is 5.16 Å². The standard InChI is InChI=1S/C15H18N2O2/c1-17-13-10-6-5-9-12(13)14(15(17)18)16-19-11-7-3-2-4-8-11/h5-6,9-11H,2-4,7-8H2,1H3/b16-14+. The first-order valence-electron chi connectivity index (χ1n) is 6.88. The van der Waals surface area contributed by atoms with E-state index in [9.17, 15) is 4.79 Å². The molecule has 1 aromatic rings. The van der Waals surface area contributed by atoms with Gasteiger partial charge in [0.15, 0.2) is 5.71 Å². The van der Waals surface area contributed by atoms with Crippen molar-refractivity contribution in [3.63, 3.8) is 0 Å². The molecule has 1 saturated carbocycles. The first-order valence-corrected chi connectivity index (χ1v) is 6.88. The fourth-order valence-corrected chi connectivity index (χ4v) is 2.74. The Morgan fingerprint density at radius 2 is 1.95 bits per heavy atom. The second kappa shape index (κ2) is 5.03. The average Bonchev–Trinajstić information content (AvgIpc) is 2.71. The Kier molecular flexibility index (Phi) is 3.23. The molecular weight excluding hydrogens is 240 g/mol. The van der Waals surface area contributed by atoms with Crippen LogP contribution in [0.25, 0.3) is 0 Å². The number of para-hydroxylation sites is 1. The predicted octanol–water partition coefficient (Wildman–Crippen LogP) is 2.72. The number of likely N-dealkylation sites (N-methyl/N-ethyl adjacent to an activating group) is 1. The van der Waals surface area contributed by atoms with Crippen LogP contribution in [0.4, 0.5) is 5.69 Å². The summed E-state index contributed by atoms with van der Waals surface area (Å²) in [7, 11) is 1.77. The van der Waals surface area contributed by atoms with E-state index < -0.39 is 0 Å². The number of fused-ring (bicyclic) bond motifs is 1. The van der Waals surface area contributed by atoms with E-state index in [-0.39, 0.29) is 12.0 Å². The fraction of sp³-hybridized carbons (Fsp3) is 0.467. The summed E-state index contributed by atoms with van der Waals surface area (Å²) >= 11 is 0. The molecular formula is C15H18N2O2. The van der Waals surface area contributed by atoms with Crippen molar-refractivity contribution in [2.45, 2.75) is 38.2 Å². The molecule has 0 aromatic heterocycles. The van der Waals surface area contributed by atoms with E-state index in [1.54, 1.807) is 11.9 Å². The molecule has 2 aliphatic rings. The van der Waals surface area contributed by atoms with Crippen LogP contribution >= 0.6 is 0 Å². The molecule has 1 aliphatic carbocycles. The summed E-state index contributed by atoms with van der Waals surface area (Å²) < 4.78 is 0. The molecule has 4 nitrogen and oxygen atoms in total. The molecule has 19 heavy (non-hydrogen) atoms. The highest BCUT2D eigenvalue weighted by molar-refractivity contribution is 6.54. The van der Waals surface area contributed by atoms with Gasteiger partial charge in [-0.25, -0.2) is 0 Å². The molecule has 0 atom stereocenters. The third-order valence-electron chi connectivity index (χ3n) is 3.87. The van der Waals surface area contributed by atoms with Gasteiger partial charge in [0.1, 0.15) is 6.10 Å². The molecule has 100 valence electrons. The highest BCUT2D eigenvalue weighted by atomic mass is 16.6. The molecule has 3 rings (SSSR count). The number of nitrogens with zero attached hydrogens (tertiary/aromatic N) is 2. The zero-order valence-corrected chi connectivity index (χ0v) is 11.1. The Bertz CT molecular complexity index is 519. The molecule has 0 unspecified atom stereocenters. The number of hydrogen-bond acceptors (Lipinski definition) is 3. The van der Waals surface area contributed by atoms with E-state index >= 15 is 0 Å². The third-order valence-corrected chi connectivity index (χ3v) is 3.87. The fourth-order valence-electron chi connectivity index (χ4n) is 2.74. The van der Waals surface area contributed by atoms with Gasteiger partial charge in [0, 0.05) is 12.6 Å². The quantitative estimate of drug-likeness (QED) is 0.765. The highest BCUT2D eigenvalue weighted by Gasteiger charge is 2.32. The number of benzene rings is 1. The molecule has 4 heteroatoms. The van der Waals surface area contributed by atoms with E-state index in [1.807, 2.05) is 24.3 Å². The van der Waals surface area contributed by atoms with E-state index in [0.717, 1.165) is 24.1 Å². The van der Waals surface area contributed by atoms with Gasteiger partial charge in [-0.2, -0.15) is 0 Å². The van der Waals surface area contributed by atoms with Crippen LogP contribution in [0.2, 0.25) is 0 Å². The van der Waals surface area contributed by atoms with Crippen LogP contribution in [-0.2, 0) is 9.63 Å². The molecule has 1 aromatic carbocycles. The molecule has 0 radical (unpaired) electrons. The lowest BCUT2D eigenvalue weighted by Gasteiger charge is -2.19. The first-order chi connectivity index (χ1) is 9.27. The second-order valence-corrected chi connectivity index (χ2v) is 5.19. The number of hydrogen-bond donors (Lipinski definition) is 0. The number of oxime groups is 1. The first kappa shape index (κ1) is 12.2. The maximum absolute atomic E-state index is 12.2. The van der Waals surface area contributed by atoms with E-state index in [0.29, 0.717) is 5.71 Å². The largest absolute Gasteiger partial charge is 0.392 e. The van der Waals surface area contributed by atoms with E-state index in [1.165, 1.54) is 19.3 Å². The average molecular weight is 258 g/mol. The SMILES string of the molecule is CN1C(=O)/C(=N/OC2CCCCC2)c2ccccc21. The molecule has 0 bridgehead atoms. The van der Waals surface area contributed by atoms with Crippen LogP contribution in [0, 0.1) is 0 Å². The summed E-state index contributed by atoms with van der Waals surface area (Å²) in [4.78, 5) is 19.4. The summed E-state index contributed by atoms with van der Waals surface area (Å²) in [5.41, 5.74) is 2.20. The van der Waals surface area contributed by atoms with Crippen LogP contribution in [0.15, 0.2) is 29.4 Å². The minimum Gasteiger partial charge on any atom is -0.392 e. The highest BCUT2D eigenvalue weighted by Crippen LogP contribution is 2.28. The Morgan fingerprint density at radius 1 is 1.21 bits per heavy atom. The summed E-state index contributed by atoms with van der Waals surface area (Å²) in [6.45, 7) is 0. The van der Waals surface area contributed by atoms with Crippen molar-refractivity contribution >= 4 is 17.3 Å². The smallest absolute Gasteiger partial charge is 0.280 e. The summed E-state index contributed by atoms with van der Waals surface area (Å²) in [6, 6.07) is 7.69. The van der Waals surface area contributed by atoms with Gasteiger partial charge in [-0.05, 0) is 31.7 Å². The summed E-state index contributed by atoms with van der Waals surface area (Å²) in [5, 5.41) is 4.15. The number of carbonyl (C=O) groups excluding carboxylic acids is 1. The zero-order chi connectivity index (χ0) is 13.2. The van der Waals surface area contributed by atoms with Gasteiger partial charge >= 0.3 is 0 Å². The molecule has 0 saturated heterocycles. The van der Waals surface area contributed by atoms with Crippen LogP contribution in [0.1, 0.15) is 37.7 Å². The molecule has 0 N–H and O–H groups in total. The van der Waals surface area contributed by atoms with Crippen molar-refractivity contribution < 1.29 is 9.63 Å². The monoisotopic (exact) mass is 258 g/mol. The summed E-state index contributed by atoms with van der Waals surface area (Å²) in [5.74, 6) is -0.0861. The van der Waals surface area contributed by atoms with Crippen molar-refractivity contribution in [2.75, 3.05) is 11.9 Å². The van der Waals surface area contributed by atoms with Gasteiger partial charge in [0.05, 0.1) is 5.69 Å². The Labute approximate surface area is 113 Å². The second-order valence-electron chi connectivity index (χ2n) is 5.19. The van der Waals surface area contributed by atoms with Gasteiger partial charge in [0.2, 0.25) is 0 Å². The lowest BCUT2D eigenvalue weighted by molar-refractivity contribution is -0.112. The Morgan fingerprint density at radius 3 is 2.74 bits per heavy atom.